The molecule has 1 saturated heterocycles. The van der Waals surface area contributed by atoms with E-state index >= 15 is 0 Å². The fourth-order valence-corrected chi connectivity index (χ4v) is 10.4. The summed E-state index contributed by atoms with van der Waals surface area (Å²) in [5.74, 6) is 4.69. The van der Waals surface area contributed by atoms with E-state index in [2.05, 4.69) is 64.9 Å². The lowest BCUT2D eigenvalue weighted by atomic mass is 9.43. The fraction of sp³-hybridized carbons (Fsp3) is 0.903. The van der Waals surface area contributed by atoms with Gasteiger partial charge in [0, 0.05) is 5.69 Å². The van der Waals surface area contributed by atoms with E-state index in [1.165, 1.54) is 56.2 Å². The molecular formula is C31H50N2O2. The molecule has 4 heteroatoms. The molecule has 1 aromatic heterocycles. The minimum Gasteiger partial charge on any atom is -0.344 e. The number of ether oxygens (including phenoxy) is 2. The molecule has 1 N–H and O–H groups in total. The van der Waals surface area contributed by atoms with Crippen LogP contribution >= 0.6 is 0 Å². The normalized spacial score (nSPS) is 46.5. The summed E-state index contributed by atoms with van der Waals surface area (Å²) >= 11 is 0. The molecule has 10 atom stereocenters. The smallest absolute Gasteiger partial charge is 0.163 e. The fourth-order valence-electron chi connectivity index (χ4n) is 10.4. The topological polar surface area (TPSA) is 47.1 Å². The number of nitrogens with zero attached hydrogens (tertiary/aromatic N) is 1. The molecule has 4 aliphatic carbocycles. The van der Waals surface area contributed by atoms with Crippen molar-refractivity contribution in [3.8, 4) is 0 Å². The Morgan fingerprint density at radius 1 is 0.943 bits per heavy atom. The molecule has 6 rings (SSSR count). The first-order valence-corrected chi connectivity index (χ1v) is 14.9. The molecule has 0 aromatic carbocycles. The lowest BCUT2D eigenvalue weighted by Gasteiger charge is -2.63. The van der Waals surface area contributed by atoms with Gasteiger partial charge in [-0.2, -0.15) is 5.10 Å². The van der Waals surface area contributed by atoms with Crippen molar-refractivity contribution in [1.29, 1.82) is 0 Å². The van der Waals surface area contributed by atoms with Crippen LogP contribution in [0.25, 0.3) is 0 Å². The number of fused-ring (bicyclic) bond motifs is 9. The van der Waals surface area contributed by atoms with Gasteiger partial charge in [0.05, 0.1) is 18.4 Å². The Morgan fingerprint density at radius 2 is 1.69 bits per heavy atom. The summed E-state index contributed by atoms with van der Waals surface area (Å²) in [6.45, 7) is 16.9. The van der Waals surface area contributed by atoms with Crippen LogP contribution in [0.3, 0.4) is 0 Å². The lowest BCUT2D eigenvalue weighted by molar-refractivity contribution is -0.173. The van der Waals surface area contributed by atoms with Crippen molar-refractivity contribution in [2.45, 2.75) is 124 Å². The number of aromatic nitrogens is 2. The van der Waals surface area contributed by atoms with E-state index in [1.54, 1.807) is 0 Å². The molecule has 0 unspecified atom stereocenters. The molecule has 4 nitrogen and oxygen atoms in total. The molecular weight excluding hydrogens is 432 g/mol. The van der Waals surface area contributed by atoms with E-state index in [1.807, 2.05) is 0 Å². The third kappa shape index (κ3) is 3.70. The van der Waals surface area contributed by atoms with Crippen LogP contribution < -0.4 is 0 Å². The van der Waals surface area contributed by atoms with E-state index in [9.17, 15) is 0 Å². The maximum absolute atomic E-state index is 6.88. The van der Waals surface area contributed by atoms with Crippen molar-refractivity contribution in [3.63, 3.8) is 0 Å². The van der Waals surface area contributed by atoms with E-state index in [-0.39, 0.29) is 17.6 Å². The van der Waals surface area contributed by atoms with Crippen LogP contribution in [0.15, 0.2) is 6.20 Å². The number of hydrogen-bond donors (Lipinski definition) is 1. The Bertz CT molecular complexity index is 938. The Labute approximate surface area is 213 Å². The van der Waals surface area contributed by atoms with Gasteiger partial charge in [-0.05, 0) is 110 Å². The molecule has 35 heavy (non-hydrogen) atoms. The van der Waals surface area contributed by atoms with Gasteiger partial charge in [0.1, 0.15) is 0 Å². The van der Waals surface area contributed by atoms with Crippen molar-refractivity contribution in [2.75, 3.05) is 0 Å². The summed E-state index contributed by atoms with van der Waals surface area (Å²) < 4.78 is 13.7. The van der Waals surface area contributed by atoms with Crippen molar-refractivity contribution < 1.29 is 9.47 Å². The molecule has 0 bridgehead atoms. The maximum Gasteiger partial charge on any atom is 0.163 e. The van der Waals surface area contributed by atoms with Crippen LogP contribution in [-0.4, -0.2) is 28.2 Å². The maximum atomic E-state index is 6.88. The van der Waals surface area contributed by atoms with Gasteiger partial charge in [-0.15, -0.1) is 0 Å². The number of rotatable bonds is 5. The highest BCUT2D eigenvalue weighted by molar-refractivity contribution is 5.28. The van der Waals surface area contributed by atoms with E-state index in [0.717, 1.165) is 42.4 Å². The SMILES string of the molecule is CC(C)CCC[C@@H](C)[C@H]1CC[C@H]2[C@@H]3[C@H]4OC(C)(C)O[C@@H]4[C@H]4Cc5[nH]ncc5C[C@]4(C)[C@H]3CC[C@]12C. The first kappa shape index (κ1) is 24.5. The van der Waals surface area contributed by atoms with Gasteiger partial charge in [-0.25, -0.2) is 0 Å². The third-order valence-electron chi connectivity index (χ3n) is 12.0. The zero-order valence-corrected chi connectivity index (χ0v) is 23.4. The Morgan fingerprint density at radius 3 is 2.46 bits per heavy atom. The van der Waals surface area contributed by atoms with Crippen LogP contribution in [0.2, 0.25) is 0 Å². The minimum atomic E-state index is -0.477. The van der Waals surface area contributed by atoms with Gasteiger partial charge in [0.25, 0.3) is 0 Å². The highest BCUT2D eigenvalue weighted by atomic mass is 16.8. The molecule has 4 fully saturated rings. The Hall–Kier alpha value is -0.870. The highest BCUT2D eigenvalue weighted by Gasteiger charge is 2.68. The van der Waals surface area contributed by atoms with Crippen LogP contribution in [0.1, 0.15) is 105 Å². The Kier molecular flexibility index (Phi) is 5.81. The zero-order valence-electron chi connectivity index (χ0n) is 23.4. The van der Waals surface area contributed by atoms with E-state index < -0.39 is 5.79 Å². The van der Waals surface area contributed by atoms with Crippen LogP contribution in [0.5, 0.6) is 0 Å². The second-order valence-corrected chi connectivity index (χ2v) is 14.8. The quantitative estimate of drug-likeness (QED) is 0.483. The first-order valence-electron chi connectivity index (χ1n) is 14.9. The van der Waals surface area contributed by atoms with Gasteiger partial charge in [-0.1, -0.05) is 53.9 Å². The van der Waals surface area contributed by atoms with Gasteiger partial charge >= 0.3 is 0 Å². The largest absolute Gasteiger partial charge is 0.344 e. The highest BCUT2D eigenvalue weighted by Crippen LogP contribution is 2.69. The summed E-state index contributed by atoms with van der Waals surface area (Å²) in [6, 6.07) is 0. The second kappa shape index (κ2) is 8.32. The van der Waals surface area contributed by atoms with Gasteiger partial charge < -0.3 is 9.47 Å². The summed E-state index contributed by atoms with van der Waals surface area (Å²) in [5.41, 5.74) is 3.53. The van der Waals surface area contributed by atoms with Crippen LogP contribution in [0, 0.1) is 52.3 Å². The molecule has 0 spiro atoms. The van der Waals surface area contributed by atoms with Crippen LogP contribution in [-0.2, 0) is 22.3 Å². The molecule has 1 aliphatic heterocycles. The predicted molar refractivity (Wildman–Crippen MR) is 140 cm³/mol. The predicted octanol–water partition coefficient (Wildman–Crippen LogP) is 7.19. The van der Waals surface area contributed by atoms with Crippen molar-refractivity contribution >= 4 is 0 Å². The van der Waals surface area contributed by atoms with Crippen molar-refractivity contribution in [2.24, 2.45) is 52.3 Å². The average Bonchev–Trinajstić information content (AvgIpc) is 3.45. The Balaban J connectivity index is 1.32. The standard InChI is InChI=1S/C31H50N2O2/c1-18(2)9-8-10-19(3)21-11-12-22-26-23(13-14-30(21,22)6)31(7)16-20-17-32-33-25(20)15-24(31)27-28(26)35-29(4,5)34-27/h17-19,21-24,26-28H,8-16H2,1-7H3,(H,32,33)/t19-,21-,22+,23+,24-,26+,27-,28-,30-,31-/m1/s1. The molecule has 3 saturated carbocycles. The summed E-state index contributed by atoms with van der Waals surface area (Å²) in [7, 11) is 0. The van der Waals surface area contributed by atoms with Gasteiger partial charge in [0.15, 0.2) is 5.79 Å². The van der Waals surface area contributed by atoms with E-state index in [4.69, 9.17) is 9.47 Å². The molecule has 0 amide bonds. The summed E-state index contributed by atoms with van der Waals surface area (Å²) in [5, 5.41) is 7.76. The number of aromatic amines is 1. The van der Waals surface area contributed by atoms with Crippen LogP contribution in [0.4, 0.5) is 0 Å². The number of H-pyrrole nitrogens is 1. The molecule has 0 radical (unpaired) electrons. The summed E-state index contributed by atoms with van der Waals surface area (Å²) in [6.07, 6.45) is 14.5. The van der Waals surface area contributed by atoms with Crippen molar-refractivity contribution in [1.82, 2.24) is 10.2 Å². The second-order valence-electron chi connectivity index (χ2n) is 14.8. The van der Waals surface area contributed by atoms with Gasteiger partial charge in [-0.3, -0.25) is 5.10 Å². The zero-order chi connectivity index (χ0) is 24.8. The lowest BCUT2D eigenvalue weighted by Crippen LogP contribution is -2.63. The molecule has 5 aliphatic rings. The first-order chi connectivity index (χ1) is 16.5. The average molecular weight is 483 g/mol. The number of hydrogen-bond acceptors (Lipinski definition) is 3. The minimum absolute atomic E-state index is 0.206. The van der Waals surface area contributed by atoms with E-state index in [0.29, 0.717) is 17.3 Å². The monoisotopic (exact) mass is 482 g/mol. The summed E-state index contributed by atoms with van der Waals surface area (Å²) in [4.78, 5) is 0. The number of nitrogens with one attached hydrogen (secondary N) is 1. The molecule has 196 valence electrons. The third-order valence-corrected chi connectivity index (χ3v) is 12.0. The molecule has 1 aromatic rings. The van der Waals surface area contributed by atoms with Gasteiger partial charge in [0.2, 0.25) is 0 Å². The molecule has 2 heterocycles. The van der Waals surface area contributed by atoms with Crippen molar-refractivity contribution in [3.05, 3.63) is 17.5 Å².